The third-order valence-electron chi connectivity index (χ3n) is 3.13. The predicted octanol–water partition coefficient (Wildman–Crippen LogP) is 1.58. The topological polar surface area (TPSA) is 72.7 Å². The van der Waals surface area contributed by atoms with E-state index in [-0.39, 0.29) is 11.4 Å². The molecule has 1 aromatic heterocycles. The number of rotatable bonds is 4. The number of carbonyl (C=O) groups is 1. The highest BCUT2D eigenvalue weighted by Crippen LogP contribution is 2.22. The average Bonchev–Trinajstić information content (AvgIpc) is 2.95. The average molecular weight is 283 g/mol. The first-order valence-electron chi connectivity index (χ1n) is 6.68. The molecule has 1 saturated carbocycles. The first-order chi connectivity index (χ1) is 8.97. The van der Waals surface area contributed by atoms with Crippen LogP contribution in [0, 0.1) is 0 Å². The van der Waals surface area contributed by atoms with Crippen LogP contribution in [0.4, 0.5) is 0 Å². The molecule has 19 heavy (non-hydrogen) atoms. The van der Waals surface area contributed by atoms with Crippen LogP contribution in [-0.2, 0) is 10.3 Å². The fourth-order valence-electron chi connectivity index (χ4n) is 2.16. The molecule has 1 heterocycles. The van der Waals surface area contributed by atoms with Crippen LogP contribution in [0.3, 0.4) is 0 Å². The van der Waals surface area contributed by atoms with Crippen molar-refractivity contribution in [3.05, 3.63) is 0 Å². The fourth-order valence-corrected chi connectivity index (χ4v) is 3.03. The van der Waals surface area contributed by atoms with Crippen molar-refractivity contribution in [2.45, 2.75) is 63.2 Å². The van der Waals surface area contributed by atoms with Crippen molar-refractivity contribution in [3.8, 4) is 0 Å². The van der Waals surface area contributed by atoms with E-state index in [9.17, 15) is 4.79 Å². The molecule has 0 saturated heterocycles. The van der Waals surface area contributed by atoms with Gasteiger partial charge in [-0.15, -0.1) is 5.10 Å². The standard InChI is InChI=1S/C12H21N5OS/c1-12(2,3)17-11(14-15-16-17)19-8-10(18)13-9-6-4-5-7-9/h9H,4-8H2,1-3H3,(H,13,18). The zero-order valence-electron chi connectivity index (χ0n) is 11.7. The fraction of sp³-hybridized carbons (Fsp3) is 0.833. The van der Waals surface area contributed by atoms with E-state index in [0.29, 0.717) is 17.0 Å². The number of tetrazole rings is 1. The number of nitrogens with one attached hydrogen (secondary N) is 1. The Labute approximate surface area is 117 Å². The molecular weight excluding hydrogens is 262 g/mol. The molecule has 0 spiro atoms. The van der Waals surface area contributed by atoms with Crippen LogP contribution in [0.1, 0.15) is 46.5 Å². The van der Waals surface area contributed by atoms with Crippen molar-refractivity contribution in [2.75, 3.05) is 5.75 Å². The second-order valence-corrected chi connectivity index (χ2v) is 6.82. The first-order valence-corrected chi connectivity index (χ1v) is 7.66. The summed E-state index contributed by atoms with van der Waals surface area (Å²) in [5, 5.41) is 15.4. The Morgan fingerprint density at radius 2 is 2.11 bits per heavy atom. The van der Waals surface area contributed by atoms with Crippen molar-refractivity contribution in [2.24, 2.45) is 0 Å². The molecule has 1 aliphatic rings. The van der Waals surface area contributed by atoms with Gasteiger partial charge in [0.05, 0.1) is 11.3 Å². The van der Waals surface area contributed by atoms with E-state index in [1.54, 1.807) is 4.68 Å². The van der Waals surface area contributed by atoms with Crippen LogP contribution in [0.2, 0.25) is 0 Å². The van der Waals surface area contributed by atoms with Gasteiger partial charge in [-0.3, -0.25) is 4.79 Å². The Hall–Kier alpha value is -1.11. The highest BCUT2D eigenvalue weighted by Gasteiger charge is 2.21. The van der Waals surface area contributed by atoms with E-state index < -0.39 is 0 Å². The second-order valence-electron chi connectivity index (χ2n) is 5.88. The highest BCUT2D eigenvalue weighted by atomic mass is 32.2. The minimum Gasteiger partial charge on any atom is -0.353 e. The van der Waals surface area contributed by atoms with Gasteiger partial charge >= 0.3 is 0 Å². The van der Waals surface area contributed by atoms with Crippen molar-refractivity contribution in [3.63, 3.8) is 0 Å². The molecule has 0 aliphatic heterocycles. The summed E-state index contributed by atoms with van der Waals surface area (Å²) in [6.07, 6.45) is 4.66. The van der Waals surface area contributed by atoms with E-state index in [1.807, 2.05) is 20.8 Å². The Kier molecular flexibility index (Phi) is 4.44. The molecule has 6 nitrogen and oxygen atoms in total. The third-order valence-corrected chi connectivity index (χ3v) is 4.05. The summed E-state index contributed by atoms with van der Waals surface area (Å²) >= 11 is 1.39. The minimum atomic E-state index is -0.173. The van der Waals surface area contributed by atoms with Crippen LogP contribution in [-0.4, -0.2) is 37.9 Å². The van der Waals surface area contributed by atoms with E-state index in [4.69, 9.17) is 0 Å². The molecule has 0 radical (unpaired) electrons. The lowest BCUT2D eigenvalue weighted by atomic mass is 10.1. The molecule has 0 atom stereocenters. The zero-order valence-corrected chi connectivity index (χ0v) is 12.5. The number of aromatic nitrogens is 4. The number of hydrogen-bond acceptors (Lipinski definition) is 5. The molecular formula is C12H21N5OS. The summed E-state index contributed by atoms with van der Waals surface area (Å²) in [6.45, 7) is 6.10. The first kappa shape index (κ1) is 14.3. The van der Waals surface area contributed by atoms with Gasteiger partial charge < -0.3 is 5.32 Å². The minimum absolute atomic E-state index is 0.0698. The maximum absolute atomic E-state index is 11.8. The van der Waals surface area contributed by atoms with Gasteiger partial charge in [0.2, 0.25) is 11.1 Å². The number of amides is 1. The van der Waals surface area contributed by atoms with Gasteiger partial charge in [0.1, 0.15) is 0 Å². The summed E-state index contributed by atoms with van der Waals surface area (Å²) in [6, 6.07) is 0.367. The van der Waals surface area contributed by atoms with Crippen LogP contribution < -0.4 is 5.32 Å². The van der Waals surface area contributed by atoms with Gasteiger partial charge in [-0.1, -0.05) is 24.6 Å². The molecule has 1 aliphatic carbocycles. The smallest absolute Gasteiger partial charge is 0.230 e. The van der Waals surface area contributed by atoms with E-state index >= 15 is 0 Å². The van der Waals surface area contributed by atoms with Crippen LogP contribution >= 0.6 is 11.8 Å². The lowest BCUT2D eigenvalue weighted by Gasteiger charge is -2.19. The number of nitrogens with zero attached hydrogens (tertiary/aromatic N) is 4. The number of carbonyl (C=O) groups excluding carboxylic acids is 1. The van der Waals surface area contributed by atoms with Crippen molar-refractivity contribution < 1.29 is 4.79 Å². The Balaban J connectivity index is 1.85. The normalized spacial score (nSPS) is 16.8. The molecule has 1 amide bonds. The molecule has 7 heteroatoms. The van der Waals surface area contributed by atoms with Crippen molar-refractivity contribution >= 4 is 17.7 Å². The van der Waals surface area contributed by atoms with Gasteiger partial charge in [-0.25, -0.2) is 4.68 Å². The van der Waals surface area contributed by atoms with E-state index in [2.05, 4.69) is 20.8 Å². The summed E-state index contributed by atoms with van der Waals surface area (Å²) in [5.41, 5.74) is -0.173. The number of thioether (sulfide) groups is 1. The van der Waals surface area contributed by atoms with Gasteiger partial charge in [0.25, 0.3) is 0 Å². The second kappa shape index (κ2) is 5.90. The van der Waals surface area contributed by atoms with Gasteiger partial charge in [0, 0.05) is 6.04 Å². The summed E-state index contributed by atoms with van der Waals surface area (Å²) < 4.78 is 1.75. The van der Waals surface area contributed by atoms with Gasteiger partial charge in [0.15, 0.2) is 0 Å². The molecule has 0 aromatic carbocycles. The van der Waals surface area contributed by atoms with Crippen LogP contribution in [0.15, 0.2) is 5.16 Å². The predicted molar refractivity (Wildman–Crippen MR) is 73.9 cm³/mol. The monoisotopic (exact) mass is 283 g/mol. The van der Waals surface area contributed by atoms with E-state index in [1.165, 1.54) is 24.6 Å². The molecule has 1 N–H and O–H groups in total. The summed E-state index contributed by atoms with van der Waals surface area (Å²) in [4.78, 5) is 11.8. The quantitative estimate of drug-likeness (QED) is 0.849. The Morgan fingerprint density at radius 3 is 2.74 bits per heavy atom. The highest BCUT2D eigenvalue weighted by molar-refractivity contribution is 7.99. The maximum atomic E-state index is 11.8. The maximum Gasteiger partial charge on any atom is 0.230 e. The number of hydrogen-bond donors (Lipinski definition) is 1. The summed E-state index contributed by atoms with van der Waals surface area (Å²) in [7, 11) is 0. The molecule has 0 bridgehead atoms. The van der Waals surface area contributed by atoms with Gasteiger partial charge in [-0.2, -0.15) is 0 Å². The molecule has 2 rings (SSSR count). The molecule has 1 fully saturated rings. The lowest BCUT2D eigenvalue weighted by Crippen LogP contribution is -2.34. The molecule has 0 unspecified atom stereocenters. The zero-order chi connectivity index (χ0) is 13.9. The van der Waals surface area contributed by atoms with Crippen molar-refractivity contribution in [1.82, 2.24) is 25.5 Å². The largest absolute Gasteiger partial charge is 0.353 e. The Morgan fingerprint density at radius 1 is 1.42 bits per heavy atom. The molecule has 1 aromatic rings. The SMILES string of the molecule is CC(C)(C)n1nnnc1SCC(=O)NC1CCCC1. The summed E-state index contributed by atoms with van der Waals surface area (Å²) in [5.74, 6) is 0.438. The van der Waals surface area contributed by atoms with Crippen LogP contribution in [0.5, 0.6) is 0 Å². The third kappa shape index (κ3) is 3.92. The lowest BCUT2D eigenvalue weighted by molar-refractivity contribution is -0.119. The molecule has 106 valence electrons. The Bertz CT molecular complexity index is 434. The van der Waals surface area contributed by atoms with E-state index in [0.717, 1.165) is 12.8 Å². The van der Waals surface area contributed by atoms with Crippen LogP contribution in [0.25, 0.3) is 0 Å². The van der Waals surface area contributed by atoms with Crippen molar-refractivity contribution in [1.29, 1.82) is 0 Å². The van der Waals surface area contributed by atoms with Gasteiger partial charge in [-0.05, 0) is 44.0 Å².